The van der Waals surface area contributed by atoms with Crippen LogP contribution in [0.4, 0.5) is 0 Å². The minimum atomic E-state index is -1.04. The zero-order valence-corrected chi connectivity index (χ0v) is 20.6. The van der Waals surface area contributed by atoms with Crippen LogP contribution in [0.25, 0.3) is 23.1 Å². The second kappa shape index (κ2) is 11.7. The van der Waals surface area contributed by atoms with Gasteiger partial charge in [0, 0.05) is 10.4 Å². The standard InChI is InChI=1S/C30H26ClNO4/c1-20(2)18-35-29(19-36-28-9-4-3-8-26(28)30(33)34)23-7-5-6-21(16-23)10-14-25-15-12-22-11-13-24(31)17-27(22)32-25/h3-17,29H,1,18-19H2,2H3,(H,33,34)/b14-10+. The van der Waals surface area contributed by atoms with Crippen molar-refractivity contribution in [2.75, 3.05) is 13.2 Å². The molecule has 0 aliphatic heterocycles. The summed E-state index contributed by atoms with van der Waals surface area (Å²) in [7, 11) is 0. The molecule has 0 aliphatic rings. The topological polar surface area (TPSA) is 68.7 Å². The van der Waals surface area contributed by atoms with Gasteiger partial charge in [-0.05, 0) is 60.5 Å². The van der Waals surface area contributed by atoms with E-state index in [9.17, 15) is 9.90 Å². The highest BCUT2D eigenvalue weighted by Crippen LogP contribution is 2.25. The van der Waals surface area contributed by atoms with Crippen LogP contribution in [0.2, 0.25) is 5.02 Å². The molecule has 0 spiro atoms. The smallest absolute Gasteiger partial charge is 0.339 e. The van der Waals surface area contributed by atoms with Crippen LogP contribution in [0.1, 0.15) is 40.2 Å². The number of pyridine rings is 1. The summed E-state index contributed by atoms with van der Waals surface area (Å²) in [5.41, 5.74) is 4.52. The molecule has 1 heterocycles. The van der Waals surface area contributed by atoms with Crippen LogP contribution in [0.5, 0.6) is 5.75 Å². The molecule has 0 saturated heterocycles. The van der Waals surface area contributed by atoms with Crippen molar-refractivity contribution in [2.45, 2.75) is 13.0 Å². The molecule has 1 N–H and O–H groups in total. The molecule has 4 rings (SSSR count). The Balaban J connectivity index is 1.54. The Kier molecular flexibility index (Phi) is 8.16. The zero-order chi connectivity index (χ0) is 25.5. The molecule has 3 aromatic carbocycles. The van der Waals surface area contributed by atoms with Crippen molar-refractivity contribution in [1.29, 1.82) is 0 Å². The molecular formula is C30H26ClNO4. The molecule has 0 saturated carbocycles. The first-order valence-electron chi connectivity index (χ1n) is 11.4. The molecule has 36 heavy (non-hydrogen) atoms. The predicted octanol–water partition coefficient (Wildman–Crippen LogP) is 7.47. The van der Waals surface area contributed by atoms with E-state index in [1.54, 1.807) is 18.2 Å². The maximum atomic E-state index is 11.5. The number of fused-ring (bicyclic) bond motifs is 1. The normalized spacial score (nSPS) is 12.1. The van der Waals surface area contributed by atoms with Gasteiger partial charge in [0.15, 0.2) is 0 Å². The lowest BCUT2D eigenvalue weighted by Crippen LogP contribution is -2.16. The lowest BCUT2D eigenvalue weighted by atomic mass is 10.1. The van der Waals surface area contributed by atoms with Crippen molar-refractivity contribution in [2.24, 2.45) is 0 Å². The first-order valence-corrected chi connectivity index (χ1v) is 11.8. The molecule has 0 radical (unpaired) electrons. The third kappa shape index (κ3) is 6.60. The van der Waals surface area contributed by atoms with E-state index in [4.69, 9.17) is 21.1 Å². The molecule has 0 amide bonds. The van der Waals surface area contributed by atoms with Crippen LogP contribution < -0.4 is 4.74 Å². The van der Waals surface area contributed by atoms with Gasteiger partial charge in [0.2, 0.25) is 0 Å². The van der Waals surface area contributed by atoms with E-state index in [1.165, 1.54) is 6.07 Å². The van der Waals surface area contributed by atoms with Gasteiger partial charge in [-0.15, -0.1) is 0 Å². The summed E-state index contributed by atoms with van der Waals surface area (Å²) in [6, 6.07) is 24.1. The number of nitrogens with zero attached hydrogens (tertiary/aromatic N) is 1. The van der Waals surface area contributed by atoms with Gasteiger partial charge in [0.25, 0.3) is 0 Å². The summed E-state index contributed by atoms with van der Waals surface area (Å²) >= 11 is 6.11. The lowest BCUT2D eigenvalue weighted by molar-refractivity contribution is 0.0314. The molecular weight excluding hydrogens is 474 g/mol. The summed E-state index contributed by atoms with van der Waals surface area (Å²) in [6.45, 7) is 6.31. The van der Waals surface area contributed by atoms with E-state index in [0.29, 0.717) is 17.4 Å². The molecule has 1 aromatic heterocycles. The molecule has 0 bridgehead atoms. The molecule has 6 heteroatoms. The fourth-order valence-corrected chi connectivity index (χ4v) is 3.83. The van der Waals surface area contributed by atoms with Crippen molar-refractivity contribution in [1.82, 2.24) is 4.98 Å². The van der Waals surface area contributed by atoms with Gasteiger partial charge in [0.1, 0.15) is 24.0 Å². The number of ether oxygens (including phenoxy) is 2. The van der Waals surface area contributed by atoms with Crippen LogP contribution in [0.15, 0.2) is 91.0 Å². The van der Waals surface area contributed by atoms with Crippen LogP contribution in [-0.2, 0) is 4.74 Å². The van der Waals surface area contributed by atoms with Crippen molar-refractivity contribution in [3.05, 3.63) is 118 Å². The Labute approximate surface area is 215 Å². The summed E-state index contributed by atoms with van der Waals surface area (Å²) in [5, 5.41) is 11.1. The number of rotatable bonds is 10. The first-order chi connectivity index (χ1) is 17.4. The van der Waals surface area contributed by atoms with Crippen LogP contribution in [0, 0.1) is 0 Å². The molecule has 5 nitrogen and oxygen atoms in total. The SMILES string of the molecule is C=C(C)COC(COc1ccccc1C(=O)O)c1cccc(/C=C/c2ccc3ccc(Cl)cc3n2)c1. The fraction of sp³-hybridized carbons (Fsp3) is 0.133. The van der Waals surface area contributed by atoms with Gasteiger partial charge in [-0.3, -0.25) is 0 Å². The lowest BCUT2D eigenvalue weighted by Gasteiger charge is -2.20. The van der Waals surface area contributed by atoms with E-state index in [-0.39, 0.29) is 12.2 Å². The summed E-state index contributed by atoms with van der Waals surface area (Å²) in [4.78, 5) is 16.2. The third-order valence-corrected chi connectivity index (χ3v) is 5.68. The van der Waals surface area contributed by atoms with E-state index >= 15 is 0 Å². The van der Waals surface area contributed by atoms with Crippen molar-refractivity contribution >= 4 is 40.6 Å². The average molecular weight is 500 g/mol. The Morgan fingerprint density at radius 3 is 2.67 bits per heavy atom. The summed E-state index contributed by atoms with van der Waals surface area (Å²) in [5.74, 6) is -0.742. The van der Waals surface area contributed by atoms with Gasteiger partial charge >= 0.3 is 5.97 Å². The number of halogens is 1. The average Bonchev–Trinajstić information content (AvgIpc) is 2.87. The van der Waals surface area contributed by atoms with Gasteiger partial charge in [-0.2, -0.15) is 0 Å². The summed E-state index contributed by atoms with van der Waals surface area (Å²) < 4.78 is 12.0. The van der Waals surface area contributed by atoms with E-state index < -0.39 is 12.1 Å². The monoisotopic (exact) mass is 499 g/mol. The van der Waals surface area contributed by atoms with Gasteiger partial charge in [-0.25, -0.2) is 9.78 Å². The van der Waals surface area contributed by atoms with Crippen LogP contribution in [0.3, 0.4) is 0 Å². The molecule has 182 valence electrons. The molecule has 0 aliphatic carbocycles. The number of hydrogen-bond donors (Lipinski definition) is 1. The van der Waals surface area contributed by atoms with Crippen molar-refractivity contribution in [3.8, 4) is 5.75 Å². The Morgan fingerprint density at radius 1 is 1.06 bits per heavy atom. The van der Waals surface area contributed by atoms with Crippen LogP contribution >= 0.6 is 11.6 Å². The van der Waals surface area contributed by atoms with Gasteiger partial charge < -0.3 is 14.6 Å². The minimum Gasteiger partial charge on any atom is -0.490 e. The zero-order valence-electron chi connectivity index (χ0n) is 19.9. The van der Waals surface area contributed by atoms with Crippen LogP contribution in [-0.4, -0.2) is 29.3 Å². The van der Waals surface area contributed by atoms with Crippen molar-refractivity contribution < 1.29 is 19.4 Å². The third-order valence-electron chi connectivity index (χ3n) is 5.44. The number of hydrogen-bond acceptors (Lipinski definition) is 4. The highest BCUT2D eigenvalue weighted by Gasteiger charge is 2.17. The Bertz CT molecular complexity index is 1430. The second-order valence-corrected chi connectivity index (χ2v) is 8.88. The number of carbonyl (C=O) groups is 1. The molecule has 1 unspecified atom stereocenters. The minimum absolute atomic E-state index is 0.108. The molecule has 4 aromatic rings. The number of para-hydroxylation sites is 1. The maximum absolute atomic E-state index is 11.5. The fourth-order valence-electron chi connectivity index (χ4n) is 3.66. The predicted molar refractivity (Wildman–Crippen MR) is 145 cm³/mol. The highest BCUT2D eigenvalue weighted by molar-refractivity contribution is 6.31. The van der Waals surface area contributed by atoms with E-state index in [1.807, 2.05) is 73.7 Å². The largest absolute Gasteiger partial charge is 0.490 e. The summed E-state index contributed by atoms with van der Waals surface area (Å²) in [6.07, 6.45) is 3.51. The quantitative estimate of drug-likeness (QED) is 0.229. The second-order valence-electron chi connectivity index (χ2n) is 8.45. The number of carboxylic acid groups (broad SMARTS) is 1. The number of aromatic carboxylic acids is 1. The van der Waals surface area contributed by atoms with Gasteiger partial charge in [-0.1, -0.05) is 72.3 Å². The number of aromatic nitrogens is 1. The Hall–Kier alpha value is -3.93. The highest BCUT2D eigenvalue weighted by atomic mass is 35.5. The van der Waals surface area contributed by atoms with Crippen molar-refractivity contribution in [3.63, 3.8) is 0 Å². The first kappa shape index (κ1) is 25.2. The van der Waals surface area contributed by atoms with E-state index in [0.717, 1.165) is 33.3 Å². The maximum Gasteiger partial charge on any atom is 0.339 e. The van der Waals surface area contributed by atoms with E-state index in [2.05, 4.69) is 11.6 Å². The number of carboxylic acids is 1. The molecule has 0 fully saturated rings. The molecule has 1 atom stereocenters. The number of benzene rings is 3. The Morgan fingerprint density at radius 2 is 1.86 bits per heavy atom. The van der Waals surface area contributed by atoms with Gasteiger partial charge in [0.05, 0.1) is 17.8 Å².